The standard InChI is InChI=1S/C23H16F3NO2/c24-23(25,26)22(18-14-8-3-9-15-18)20(19(28)16-10-4-1-5-11-16)27(22)21(29)17-12-6-2-7-13-17/h1-15,20H/t20?,22-,27?/m1/s1. The maximum Gasteiger partial charge on any atom is 0.418 e. The Morgan fingerprint density at radius 3 is 1.66 bits per heavy atom. The van der Waals surface area contributed by atoms with Crippen LogP contribution in [0.3, 0.4) is 0 Å². The van der Waals surface area contributed by atoms with Crippen LogP contribution in [-0.2, 0) is 5.54 Å². The molecular weight excluding hydrogens is 379 g/mol. The number of alkyl halides is 3. The molecule has 0 aromatic heterocycles. The number of hydrogen-bond acceptors (Lipinski definition) is 2. The largest absolute Gasteiger partial charge is 0.418 e. The molecule has 2 atom stereocenters. The quantitative estimate of drug-likeness (QED) is 0.468. The molecule has 1 aliphatic heterocycles. The Bertz CT molecular complexity index is 976. The number of halogens is 3. The van der Waals surface area contributed by atoms with Crippen molar-refractivity contribution in [1.29, 1.82) is 0 Å². The summed E-state index contributed by atoms with van der Waals surface area (Å²) in [6, 6.07) is 20.9. The first-order valence-electron chi connectivity index (χ1n) is 8.99. The summed E-state index contributed by atoms with van der Waals surface area (Å²) in [5, 5.41) is 0. The molecule has 0 bridgehead atoms. The molecule has 1 heterocycles. The molecule has 1 fully saturated rings. The lowest BCUT2D eigenvalue weighted by Crippen LogP contribution is -2.37. The Kier molecular flexibility index (Phi) is 4.49. The van der Waals surface area contributed by atoms with Crippen LogP contribution < -0.4 is 0 Å². The number of carbonyl (C=O) groups is 2. The van der Waals surface area contributed by atoms with Crippen molar-refractivity contribution in [3.8, 4) is 0 Å². The number of benzene rings is 3. The molecule has 0 saturated carbocycles. The molecule has 3 aromatic carbocycles. The average molecular weight is 395 g/mol. The zero-order chi connectivity index (χ0) is 20.6. The van der Waals surface area contributed by atoms with Gasteiger partial charge < -0.3 is 4.90 Å². The first-order valence-corrected chi connectivity index (χ1v) is 8.99. The zero-order valence-corrected chi connectivity index (χ0v) is 15.1. The third kappa shape index (κ3) is 2.92. The van der Waals surface area contributed by atoms with E-state index in [0.717, 1.165) is 0 Å². The summed E-state index contributed by atoms with van der Waals surface area (Å²) < 4.78 is 43.5. The van der Waals surface area contributed by atoms with E-state index < -0.39 is 29.4 Å². The van der Waals surface area contributed by atoms with E-state index in [4.69, 9.17) is 0 Å². The van der Waals surface area contributed by atoms with Crippen LogP contribution in [0.15, 0.2) is 91.0 Å². The summed E-state index contributed by atoms with van der Waals surface area (Å²) in [5.74, 6) is -1.57. The lowest BCUT2D eigenvalue weighted by atomic mass is 9.90. The van der Waals surface area contributed by atoms with Gasteiger partial charge in [0.1, 0.15) is 6.04 Å². The van der Waals surface area contributed by atoms with Gasteiger partial charge in [0.05, 0.1) is 0 Å². The van der Waals surface area contributed by atoms with Crippen molar-refractivity contribution in [2.24, 2.45) is 0 Å². The van der Waals surface area contributed by atoms with Crippen LogP contribution in [0.25, 0.3) is 0 Å². The molecule has 3 nitrogen and oxygen atoms in total. The highest BCUT2D eigenvalue weighted by Gasteiger charge is 2.82. The SMILES string of the molecule is O=C(c1ccccc1)C1N(C(=O)c2ccccc2)[C@@]1(c1ccccc1)C(F)(F)F. The highest BCUT2D eigenvalue weighted by molar-refractivity contribution is 6.10. The van der Waals surface area contributed by atoms with Crippen molar-refractivity contribution in [2.75, 3.05) is 0 Å². The predicted molar refractivity (Wildman–Crippen MR) is 101 cm³/mol. The Morgan fingerprint density at radius 2 is 1.17 bits per heavy atom. The van der Waals surface area contributed by atoms with Gasteiger partial charge in [-0.15, -0.1) is 0 Å². The highest BCUT2D eigenvalue weighted by atomic mass is 19.4. The van der Waals surface area contributed by atoms with Crippen molar-refractivity contribution in [1.82, 2.24) is 4.90 Å². The zero-order valence-electron chi connectivity index (χ0n) is 15.1. The van der Waals surface area contributed by atoms with Crippen LogP contribution in [0.1, 0.15) is 26.3 Å². The van der Waals surface area contributed by atoms with Crippen LogP contribution in [0, 0.1) is 0 Å². The smallest absolute Gasteiger partial charge is 0.304 e. The van der Waals surface area contributed by atoms with Gasteiger partial charge >= 0.3 is 6.18 Å². The summed E-state index contributed by atoms with van der Waals surface area (Å²) in [7, 11) is 0. The Morgan fingerprint density at radius 1 is 0.724 bits per heavy atom. The first-order chi connectivity index (χ1) is 13.9. The predicted octanol–water partition coefficient (Wildman–Crippen LogP) is 4.85. The number of hydrogen-bond donors (Lipinski definition) is 0. The molecule has 0 N–H and O–H groups in total. The normalized spacial score (nSPS) is 20.9. The molecule has 1 amide bonds. The molecule has 1 unspecified atom stereocenters. The van der Waals surface area contributed by atoms with Crippen molar-refractivity contribution < 1.29 is 22.8 Å². The fourth-order valence-electron chi connectivity index (χ4n) is 3.80. The van der Waals surface area contributed by atoms with Crippen LogP contribution in [-0.4, -0.2) is 28.8 Å². The van der Waals surface area contributed by atoms with Gasteiger partial charge in [0.25, 0.3) is 5.91 Å². The summed E-state index contributed by atoms with van der Waals surface area (Å²) in [4.78, 5) is 26.8. The van der Waals surface area contributed by atoms with Gasteiger partial charge in [-0.2, -0.15) is 13.2 Å². The van der Waals surface area contributed by atoms with E-state index in [2.05, 4.69) is 0 Å². The van der Waals surface area contributed by atoms with E-state index in [1.807, 2.05) is 0 Å². The molecule has 6 heteroatoms. The Balaban J connectivity index is 1.88. The summed E-state index contributed by atoms with van der Waals surface area (Å²) in [6.45, 7) is 0. The Hall–Kier alpha value is -3.41. The van der Waals surface area contributed by atoms with E-state index in [1.165, 1.54) is 48.5 Å². The summed E-state index contributed by atoms with van der Waals surface area (Å²) in [6.07, 6.45) is -4.84. The third-order valence-electron chi connectivity index (χ3n) is 5.16. The van der Waals surface area contributed by atoms with Crippen molar-refractivity contribution in [2.45, 2.75) is 17.8 Å². The van der Waals surface area contributed by atoms with E-state index in [-0.39, 0.29) is 16.7 Å². The van der Waals surface area contributed by atoms with Gasteiger partial charge in [0.2, 0.25) is 0 Å². The average Bonchev–Trinajstić information content (AvgIpc) is 3.46. The monoisotopic (exact) mass is 395 g/mol. The number of amides is 1. The van der Waals surface area contributed by atoms with Gasteiger partial charge in [-0.1, -0.05) is 78.9 Å². The topological polar surface area (TPSA) is 37.1 Å². The molecule has 0 aliphatic carbocycles. The summed E-state index contributed by atoms with van der Waals surface area (Å²) >= 11 is 0. The molecule has 4 rings (SSSR count). The maximum atomic E-state index is 14.5. The lowest BCUT2D eigenvalue weighted by Gasteiger charge is -2.21. The van der Waals surface area contributed by atoms with Crippen molar-refractivity contribution in [3.05, 3.63) is 108 Å². The minimum Gasteiger partial charge on any atom is -0.304 e. The number of nitrogens with zero attached hydrogens (tertiary/aromatic N) is 1. The minimum atomic E-state index is -4.84. The number of rotatable bonds is 4. The van der Waals surface area contributed by atoms with Crippen molar-refractivity contribution in [3.63, 3.8) is 0 Å². The lowest BCUT2D eigenvalue weighted by molar-refractivity contribution is -0.171. The molecule has 1 aliphatic rings. The third-order valence-corrected chi connectivity index (χ3v) is 5.16. The molecule has 146 valence electrons. The number of carbonyl (C=O) groups excluding carboxylic acids is 2. The van der Waals surface area contributed by atoms with Crippen LogP contribution >= 0.6 is 0 Å². The number of Topliss-reactive ketones (excluding diaryl/α,β-unsaturated/α-hetero) is 1. The molecule has 3 aromatic rings. The second-order valence-corrected chi connectivity index (χ2v) is 6.80. The van der Waals surface area contributed by atoms with E-state index in [1.54, 1.807) is 42.5 Å². The van der Waals surface area contributed by atoms with Crippen LogP contribution in [0.4, 0.5) is 13.2 Å². The van der Waals surface area contributed by atoms with E-state index in [0.29, 0.717) is 4.90 Å². The van der Waals surface area contributed by atoms with E-state index in [9.17, 15) is 22.8 Å². The molecular formula is C23H16F3NO2. The number of ketones is 1. The molecule has 29 heavy (non-hydrogen) atoms. The van der Waals surface area contributed by atoms with Gasteiger partial charge in [-0.05, 0) is 17.7 Å². The maximum absolute atomic E-state index is 14.5. The minimum absolute atomic E-state index is 0.0976. The van der Waals surface area contributed by atoms with Crippen molar-refractivity contribution >= 4 is 11.7 Å². The molecule has 0 radical (unpaired) electrons. The van der Waals surface area contributed by atoms with Gasteiger partial charge in [-0.25, -0.2) is 0 Å². The van der Waals surface area contributed by atoms with E-state index >= 15 is 0 Å². The fraction of sp³-hybridized carbons (Fsp3) is 0.130. The van der Waals surface area contributed by atoms with Gasteiger partial charge in [0, 0.05) is 11.1 Å². The molecule has 0 spiro atoms. The Labute approximate surface area is 165 Å². The van der Waals surface area contributed by atoms with Crippen LogP contribution in [0.5, 0.6) is 0 Å². The fourth-order valence-corrected chi connectivity index (χ4v) is 3.80. The first kappa shape index (κ1) is 18.9. The van der Waals surface area contributed by atoms with Crippen LogP contribution in [0.2, 0.25) is 0 Å². The van der Waals surface area contributed by atoms with Gasteiger partial charge in [-0.3, -0.25) is 9.59 Å². The summed E-state index contributed by atoms with van der Waals surface area (Å²) in [5.41, 5.74) is -2.61. The second kappa shape index (κ2) is 6.88. The molecule has 1 saturated heterocycles. The second-order valence-electron chi connectivity index (χ2n) is 6.80. The highest BCUT2D eigenvalue weighted by Crippen LogP contribution is 2.61. The van der Waals surface area contributed by atoms with Gasteiger partial charge in [0.15, 0.2) is 11.3 Å².